The van der Waals surface area contributed by atoms with Crippen molar-refractivity contribution in [3.05, 3.63) is 12.7 Å². The van der Waals surface area contributed by atoms with Crippen LogP contribution >= 0.6 is 0 Å². The first-order valence-corrected chi connectivity index (χ1v) is 11.4. The van der Waals surface area contributed by atoms with Gasteiger partial charge in [0.25, 0.3) is 0 Å². The molecule has 1 atom stereocenters. The number of unbranched alkanes of at least 4 members (excludes halogenated alkanes) is 3. The molecule has 1 radical (unpaired) electrons. The lowest BCUT2D eigenvalue weighted by Crippen LogP contribution is -2.55. The van der Waals surface area contributed by atoms with Crippen molar-refractivity contribution in [3.8, 4) is 0 Å². The number of nitrogens with zero attached hydrogens (tertiary/aromatic N) is 1. The van der Waals surface area contributed by atoms with Gasteiger partial charge in [-0.15, -0.1) is 16.8 Å². The first-order chi connectivity index (χ1) is 12.7. The number of hydrogen-bond donors (Lipinski definition) is 0. The van der Waals surface area contributed by atoms with Crippen molar-refractivity contribution in [1.82, 2.24) is 5.06 Å². The number of hydrogen-bond acceptors (Lipinski definition) is 2. The minimum Gasteiger partial charge on any atom is -0.381 e. The summed E-state index contributed by atoms with van der Waals surface area (Å²) in [7, 11) is 0. The molecule has 0 spiro atoms. The Morgan fingerprint density at radius 2 is 1.59 bits per heavy atom. The van der Waals surface area contributed by atoms with E-state index in [9.17, 15) is 5.21 Å². The van der Waals surface area contributed by atoms with E-state index in [-0.39, 0.29) is 11.1 Å². The lowest BCUT2D eigenvalue weighted by molar-refractivity contribution is -0.286. The average molecular weight is 383 g/mol. The van der Waals surface area contributed by atoms with Crippen LogP contribution < -0.4 is 0 Å². The van der Waals surface area contributed by atoms with Gasteiger partial charge in [0.15, 0.2) is 0 Å². The number of hydroxylamine groups is 2. The Morgan fingerprint density at radius 1 is 0.963 bits per heavy atom. The summed E-state index contributed by atoms with van der Waals surface area (Å²) < 4.78 is 5.67. The number of rotatable bonds is 12. The highest BCUT2D eigenvalue weighted by Crippen LogP contribution is 2.36. The Balaban J connectivity index is 0.000000533. The van der Waals surface area contributed by atoms with E-state index in [1.165, 1.54) is 56.4 Å². The van der Waals surface area contributed by atoms with Crippen LogP contribution in [-0.2, 0) is 9.94 Å². The molecule has 1 aliphatic heterocycles. The fourth-order valence-corrected chi connectivity index (χ4v) is 3.98. The van der Waals surface area contributed by atoms with Gasteiger partial charge in [-0.1, -0.05) is 52.0 Å². The maximum absolute atomic E-state index is 11.7. The summed E-state index contributed by atoms with van der Waals surface area (Å²) in [5.74, 6) is 0.790. The minimum atomic E-state index is -0.151. The second-order valence-electron chi connectivity index (χ2n) is 9.41. The highest BCUT2D eigenvalue weighted by atomic mass is 16.5. The van der Waals surface area contributed by atoms with Gasteiger partial charge in [0.05, 0.1) is 0 Å². The third-order valence-electron chi connectivity index (χ3n) is 5.69. The van der Waals surface area contributed by atoms with Crippen molar-refractivity contribution in [1.29, 1.82) is 0 Å². The molecule has 1 unspecified atom stereocenters. The molecule has 1 heterocycles. The van der Waals surface area contributed by atoms with Crippen molar-refractivity contribution in [2.24, 2.45) is 5.92 Å². The number of ether oxygens (including phenoxy) is 1. The molecule has 0 aromatic carbocycles. The summed E-state index contributed by atoms with van der Waals surface area (Å²) in [6, 6.07) is 0. The van der Waals surface area contributed by atoms with Gasteiger partial charge in [-0.2, -0.15) is 0 Å². The van der Waals surface area contributed by atoms with Crippen molar-refractivity contribution in [2.45, 2.75) is 123 Å². The molecular weight excluding hydrogens is 334 g/mol. The Morgan fingerprint density at radius 3 is 2.07 bits per heavy atom. The van der Waals surface area contributed by atoms with Crippen molar-refractivity contribution < 1.29 is 9.94 Å². The monoisotopic (exact) mass is 382 g/mol. The first-order valence-electron chi connectivity index (χ1n) is 11.4. The molecule has 27 heavy (non-hydrogen) atoms. The zero-order valence-electron chi connectivity index (χ0n) is 19.3. The lowest BCUT2D eigenvalue weighted by Gasteiger charge is -2.46. The van der Waals surface area contributed by atoms with Crippen LogP contribution in [0.5, 0.6) is 0 Å². The minimum absolute atomic E-state index is 0.151. The van der Waals surface area contributed by atoms with Gasteiger partial charge in [-0.05, 0) is 72.1 Å². The Labute approximate surface area is 170 Å². The summed E-state index contributed by atoms with van der Waals surface area (Å²) in [6.07, 6.45) is 15.4. The van der Waals surface area contributed by atoms with E-state index in [0.29, 0.717) is 0 Å². The molecule has 0 aromatic rings. The fraction of sp³-hybridized carbons (Fsp3) is 0.917. The smallest absolute Gasteiger partial charge is 0.0468 e. The molecule has 0 bridgehead atoms. The van der Waals surface area contributed by atoms with Crippen molar-refractivity contribution in [3.63, 3.8) is 0 Å². The van der Waals surface area contributed by atoms with Gasteiger partial charge >= 0.3 is 0 Å². The van der Waals surface area contributed by atoms with Gasteiger partial charge in [0, 0.05) is 24.3 Å². The van der Waals surface area contributed by atoms with E-state index in [1.54, 1.807) is 0 Å². The second kappa shape index (κ2) is 14.6. The summed E-state index contributed by atoms with van der Waals surface area (Å²) in [6.45, 7) is 18.3. The molecule has 0 saturated carbocycles. The van der Waals surface area contributed by atoms with E-state index in [2.05, 4.69) is 20.4 Å². The molecule has 3 nitrogen and oxygen atoms in total. The Bertz CT molecular complexity index is 349. The summed E-state index contributed by atoms with van der Waals surface area (Å²) in [5.41, 5.74) is -0.302. The third-order valence-corrected chi connectivity index (χ3v) is 5.69. The molecular formula is C24H48NO2. The molecule has 0 amide bonds. The third kappa shape index (κ3) is 11.9. The van der Waals surface area contributed by atoms with E-state index < -0.39 is 0 Å². The molecule has 0 aliphatic carbocycles. The molecule has 1 fully saturated rings. The highest BCUT2D eigenvalue weighted by Gasteiger charge is 2.41. The Hall–Kier alpha value is -0.380. The predicted molar refractivity (Wildman–Crippen MR) is 117 cm³/mol. The van der Waals surface area contributed by atoms with Gasteiger partial charge in [0.2, 0.25) is 0 Å². The Kier molecular flexibility index (Phi) is 14.4. The largest absolute Gasteiger partial charge is 0.381 e. The summed E-state index contributed by atoms with van der Waals surface area (Å²) in [4.78, 5) is 0. The maximum atomic E-state index is 11.7. The molecule has 1 aliphatic rings. The molecule has 3 heteroatoms. The van der Waals surface area contributed by atoms with Crippen molar-refractivity contribution >= 4 is 0 Å². The molecule has 1 saturated heterocycles. The fourth-order valence-electron chi connectivity index (χ4n) is 3.98. The summed E-state index contributed by atoms with van der Waals surface area (Å²) >= 11 is 0. The van der Waals surface area contributed by atoms with Crippen LogP contribution in [0.2, 0.25) is 0 Å². The van der Waals surface area contributed by atoms with Gasteiger partial charge in [-0.3, -0.25) is 0 Å². The molecule has 1 rings (SSSR count). The van der Waals surface area contributed by atoms with E-state index in [0.717, 1.165) is 38.4 Å². The standard InChI is InChI=1S/C15H30O.C9H18NO/c1-4-7-8-9-13-16-14-12-15(10-5-2)11-6-3;1-8(2)6-5-7-9(3,4)10(8)11/h5,15H,2,4,6-14H2,1,3H3;5-7H2,1-4H3. The first kappa shape index (κ1) is 26.6. The van der Waals surface area contributed by atoms with E-state index >= 15 is 0 Å². The lowest BCUT2D eigenvalue weighted by atomic mass is 9.82. The van der Waals surface area contributed by atoms with Crippen molar-refractivity contribution in [2.75, 3.05) is 13.2 Å². The highest BCUT2D eigenvalue weighted by molar-refractivity contribution is 4.91. The van der Waals surface area contributed by atoms with E-state index in [4.69, 9.17) is 4.74 Å². The number of allylic oxidation sites excluding steroid dienone is 1. The maximum Gasteiger partial charge on any atom is 0.0468 e. The summed E-state index contributed by atoms with van der Waals surface area (Å²) in [5, 5.41) is 13.0. The van der Waals surface area contributed by atoms with Crippen LogP contribution in [-0.4, -0.2) is 29.4 Å². The molecule has 161 valence electrons. The van der Waals surface area contributed by atoms with E-state index in [1.807, 2.05) is 33.8 Å². The zero-order valence-corrected chi connectivity index (χ0v) is 19.3. The number of piperidine rings is 1. The van der Waals surface area contributed by atoms with Crippen LogP contribution in [0.4, 0.5) is 0 Å². The average Bonchev–Trinajstić information content (AvgIpc) is 2.59. The van der Waals surface area contributed by atoms with Gasteiger partial charge in [0.1, 0.15) is 0 Å². The molecule has 0 aromatic heterocycles. The van der Waals surface area contributed by atoms with Crippen LogP contribution in [0.3, 0.4) is 0 Å². The van der Waals surface area contributed by atoms with Crippen LogP contribution in [0.25, 0.3) is 0 Å². The SMILES string of the molecule is C=CCC(CCC)CCOCCCCCC.CC1(C)CCCC(C)(C)N1[O]. The topological polar surface area (TPSA) is 32.4 Å². The quantitative estimate of drug-likeness (QED) is 0.261. The van der Waals surface area contributed by atoms with Crippen LogP contribution in [0, 0.1) is 5.92 Å². The second-order valence-corrected chi connectivity index (χ2v) is 9.41. The zero-order chi connectivity index (χ0) is 20.8. The van der Waals surface area contributed by atoms with Crippen LogP contribution in [0.1, 0.15) is 112 Å². The molecule has 0 N–H and O–H groups in total. The normalized spacial score (nSPS) is 19.8. The van der Waals surface area contributed by atoms with Crippen LogP contribution in [0.15, 0.2) is 12.7 Å². The predicted octanol–water partition coefficient (Wildman–Crippen LogP) is 7.34. The van der Waals surface area contributed by atoms with Gasteiger partial charge in [-0.25, -0.2) is 0 Å². The van der Waals surface area contributed by atoms with Gasteiger partial charge < -0.3 is 4.74 Å².